The summed E-state index contributed by atoms with van der Waals surface area (Å²) in [6, 6.07) is 12.3. The number of benzene rings is 2. The maximum atomic E-state index is 12.7. The highest BCUT2D eigenvalue weighted by Crippen LogP contribution is 2.18. The van der Waals surface area contributed by atoms with Gasteiger partial charge in [-0.05, 0) is 67.9 Å². The summed E-state index contributed by atoms with van der Waals surface area (Å²) in [6.07, 6.45) is 2.97. The van der Waals surface area contributed by atoms with Crippen molar-refractivity contribution in [2.24, 2.45) is 11.7 Å². The van der Waals surface area contributed by atoms with Gasteiger partial charge in [-0.2, -0.15) is 0 Å². The van der Waals surface area contributed by atoms with Crippen LogP contribution in [0.25, 0.3) is 0 Å². The fourth-order valence-electron chi connectivity index (χ4n) is 3.49. The molecular formula is C27H41ClN4O5. The first-order valence-electron chi connectivity index (χ1n) is 12.1. The number of rotatable bonds is 13. The average molecular weight is 537 g/mol. The van der Waals surface area contributed by atoms with E-state index in [0.29, 0.717) is 37.4 Å². The van der Waals surface area contributed by atoms with E-state index < -0.39 is 18.0 Å². The summed E-state index contributed by atoms with van der Waals surface area (Å²) in [4.78, 5) is 37.2. The predicted octanol–water partition coefficient (Wildman–Crippen LogP) is 2.49. The van der Waals surface area contributed by atoms with Crippen LogP contribution in [0.1, 0.15) is 51.2 Å². The van der Waals surface area contributed by atoms with Crippen LogP contribution < -0.4 is 21.7 Å². The Labute approximate surface area is 225 Å². The molecule has 2 aromatic rings. The smallest absolute Gasteiger partial charge is 0.246 e. The van der Waals surface area contributed by atoms with Crippen molar-refractivity contribution >= 4 is 35.8 Å². The Morgan fingerprint density at radius 1 is 0.973 bits per heavy atom. The minimum Gasteiger partial charge on any atom is -0.508 e. The van der Waals surface area contributed by atoms with E-state index in [4.69, 9.17) is 5.73 Å². The van der Waals surface area contributed by atoms with Crippen LogP contribution in [0.3, 0.4) is 0 Å². The van der Waals surface area contributed by atoms with Gasteiger partial charge in [0.25, 0.3) is 0 Å². The molecule has 2 atom stereocenters. The topological polar surface area (TPSA) is 165 Å². The number of nitrogens with two attached hydrogens (primary N) is 1. The van der Waals surface area contributed by atoms with E-state index in [2.05, 4.69) is 29.8 Å². The van der Waals surface area contributed by atoms with Gasteiger partial charge in [-0.15, -0.1) is 12.4 Å². The largest absolute Gasteiger partial charge is 0.508 e. The summed E-state index contributed by atoms with van der Waals surface area (Å²) in [6.45, 7) is 6.53. The van der Waals surface area contributed by atoms with Crippen LogP contribution in [0.2, 0.25) is 0 Å². The minimum atomic E-state index is -0.825. The van der Waals surface area contributed by atoms with E-state index >= 15 is 0 Å². The summed E-state index contributed by atoms with van der Waals surface area (Å²) in [7, 11) is 0. The number of halogens is 1. The molecule has 0 fully saturated rings. The summed E-state index contributed by atoms with van der Waals surface area (Å²) in [5, 5.41) is 17.8. The molecule has 0 aromatic heterocycles. The third-order valence-corrected chi connectivity index (χ3v) is 5.65. The lowest BCUT2D eigenvalue weighted by Gasteiger charge is -2.18. The highest BCUT2D eigenvalue weighted by atomic mass is 35.5. The minimum absolute atomic E-state index is 0. The number of carbonyl (C=O) groups is 3. The van der Waals surface area contributed by atoms with Gasteiger partial charge in [-0.1, -0.05) is 44.2 Å². The zero-order valence-electron chi connectivity index (χ0n) is 21.8. The van der Waals surface area contributed by atoms with Crippen molar-refractivity contribution in [3.05, 3.63) is 59.7 Å². The van der Waals surface area contributed by atoms with Crippen molar-refractivity contribution in [1.29, 1.82) is 0 Å². The van der Waals surface area contributed by atoms with Gasteiger partial charge in [0.05, 0.1) is 6.04 Å². The van der Waals surface area contributed by atoms with Gasteiger partial charge in [0.1, 0.15) is 11.8 Å². The van der Waals surface area contributed by atoms with Gasteiger partial charge in [-0.3, -0.25) is 14.4 Å². The van der Waals surface area contributed by atoms with Gasteiger partial charge in [0.15, 0.2) is 0 Å². The van der Waals surface area contributed by atoms with Gasteiger partial charge in [-0.25, -0.2) is 0 Å². The summed E-state index contributed by atoms with van der Waals surface area (Å²) >= 11 is 0. The maximum Gasteiger partial charge on any atom is 0.246 e. The average Bonchev–Trinajstić information content (AvgIpc) is 2.81. The molecule has 2 aromatic carbocycles. The molecular weight excluding hydrogens is 496 g/mol. The van der Waals surface area contributed by atoms with E-state index in [1.165, 1.54) is 12.1 Å². The molecule has 0 saturated heterocycles. The Morgan fingerprint density at radius 3 is 2.27 bits per heavy atom. The quantitative estimate of drug-likeness (QED) is 0.265. The Bertz CT molecular complexity index is 985. The summed E-state index contributed by atoms with van der Waals surface area (Å²) in [5.41, 5.74) is 8.40. The molecule has 0 aliphatic carbocycles. The number of phenols is 1. The van der Waals surface area contributed by atoms with Crippen molar-refractivity contribution in [2.75, 3.05) is 11.9 Å². The first kappa shape index (κ1) is 33.9. The molecule has 0 bridgehead atoms. The van der Waals surface area contributed by atoms with E-state index in [-0.39, 0.29) is 41.9 Å². The zero-order valence-corrected chi connectivity index (χ0v) is 22.6. The van der Waals surface area contributed by atoms with Crippen molar-refractivity contribution in [3.8, 4) is 5.75 Å². The molecule has 0 radical (unpaired) electrons. The normalized spacial score (nSPS) is 11.9. The van der Waals surface area contributed by atoms with Crippen LogP contribution >= 0.6 is 12.4 Å². The SMILES string of the molecule is CC(C)CCNC(=O)CCCc1ccccc1NC(=O)[C@@H](C)NC(=O)[C@@H](N)Cc1ccc(O)cc1.Cl.O. The fourth-order valence-corrected chi connectivity index (χ4v) is 3.49. The zero-order chi connectivity index (χ0) is 25.8. The number of carbonyl (C=O) groups excluding carboxylic acids is 3. The highest BCUT2D eigenvalue weighted by molar-refractivity contribution is 5.98. The fraction of sp³-hybridized carbons (Fsp3) is 0.444. The monoisotopic (exact) mass is 536 g/mol. The van der Waals surface area contributed by atoms with Crippen molar-refractivity contribution < 1.29 is 25.0 Å². The van der Waals surface area contributed by atoms with Gasteiger partial charge < -0.3 is 32.3 Å². The van der Waals surface area contributed by atoms with Crippen LogP contribution in [-0.4, -0.2) is 46.9 Å². The molecule has 10 heteroatoms. The van der Waals surface area contributed by atoms with Crippen molar-refractivity contribution in [3.63, 3.8) is 0 Å². The Kier molecular flexibility index (Phi) is 15.9. The molecule has 0 heterocycles. The summed E-state index contributed by atoms with van der Waals surface area (Å²) < 4.78 is 0. The first-order valence-corrected chi connectivity index (χ1v) is 12.1. The Hall–Kier alpha value is -3.14. The van der Waals surface area contributed by atoms with Crippen LogP contribution in [0.4, 0.5) is 5.69 Å². The lowest BCUT2D eigenvalue weighted by Crippen LogP contribution is -2.49. The van der Waals surface area contributed by atoms with Gasteiger partial charge >= 0.3 is 0 Å². The number of aryl methyl sites for hydroxylation is 1. The standard InChI is InChI=1S/C27H38N4O4.ClH.H2O/c1-18(2)15-16-29-25(33)10-6-8-21-7-4-5-9-24(21)31-26(34)19(3)30-27(35)23(28)17-20-11-13-22(32)14-12-20;;/h4-5,7,9,11-14,18-19,23,32H,6,8,10,15-17,28H2,1-3H3,(H,29,33)(H,30,35)(H,31,34);1H;1H2/t19-,23+;;/m1../s1. The molecule has 0 spiro atoms. The summed E-state index contributed by atoms with van der Waals surface area (Å²) in [5.74, 6) is -0.0612. The molecule has 9 nitrogen and oxygen atoms in total. The van der Waals surface area contributed by atoms with Crippen molar-refractivity contribution in [2.45, 2.75) is 65.0 Å². The number of para-hydroxylation sites is 1. The molecule has 0 saturated carbocycles. The third-order valence-electron chi connectivity index (χ3n) is 5.65. The lowest BCUT2D eigenvalue weighted by molar-refractivity contribution is -0.127. The Morgan fingerprint density at radius 2 is 1.62 bits per heavy atom. The number of aromatic hydroxyl groups is 1. The van der Waals surface area contributed by atoms with E-state index in [0.717, 1.165) is 17.5 Å². The van der Waals surface area contributed by atoms with Crippen LogP contribution in [0, 0.1) is 5.92 Å². The van der Waals surface area contributed by atoms with Crippen LogP contribution in [0.5, 0.6) is 5.75 Å². The maximum absolute atomic E-state index is 12.7. The van der Waals surface area contributed by atoms with Gasteiger partial charge in [0, 0.05) is 18.7 Å². The number of anilines is 1. The molecule has 206 valence electrons. The molecule has 3 amide bonds. The van der Waals surface area contributed by atoms with Crippen LogP contribution in [0.15, 0.2) is 48.5 Å². The molecule has 0 aliphatic rings. The van der Waals surface area contributed by atoms with Crippen LogP contribution in [-0.2, 0) is 27.2 Å². The van der Waals surface area contributed by atoms with Gasteiger partial charge in [0.2, 0.25) is 17.7 Å². The number of hydrogen-bond acceptors (Lipinski definition) is 5. The molecule has 0 unspecified atom stereocenters. The number of amides is 3. The highest BCUT2D eigenvalue weighted by Gasteiger charge is 2.21. The number of hydrogen-bond donors (Lipinski definition) is 5. The molecule has 0 aliphatic heterocycles. The number of phenolic OH excluding ortho intramolecular Hbond substituents is 1. The molecule has 8 N–H and O–H groups in total. The first-order chi connectivity index (χ1) is 16.7. The lowest BCUT2D eigenvalue weighted by atomic mass is 10.0. The Balaban J connectivity index is 0.00000648. The van der Waals surface area contributed by atoms with E-state index in [1.807, 2.05) is 18.2 Å². The van der Waals surface area contributed by atoms with E-state index in [1.54, 1.807) is 25.1 Å². The number of nitrogens with one attached hydrogen (secondary N) is 3. The van der Waals surface area contributed by atoms with E-state index in [9.17, 15) is 19.5 Å². The second kappa shape index (κ2) is 17.3. The predicted molar refractivity (Wildman–Crippen MR) is 149 cm³/mol. The second-order valence-corrected chi connectivity index (χ2v) is 9.24. The molecule has 2 rings (SSSR count). The second-order valence-electron chi connectivity index (χ2n) is 9.24. The third kappa shape index (κ3) is 12.6. The molecule has 37 heavy (non-hydrogen) atoms. The van der Waals surface area contributed by atoms with Crippen molar-refractivity contribution in [1.82, 2.24) is 10.6 Å².